The second-order valence-corrected chi connectivity index (χ2v) is 5.80. The van der Waals surface area contributed by atoms with E-state index < -0.39 is 6.10 Å². The molecular formula is C18H32O3. The monoisotopic (exact) mass is 296 g/mol. The highest BCUT2D eigenvalue weighted by Gasteiger charge is 2.10. The highest BCUT2D eigenvalue weighted by Crippen LogP contribution is 2.07. The molecule has 0 rings (SSSR count). The summed E-state index contributed by atoms with van der Waals surface area (Å²) in [5.74, 6) is 0.213. The van der Waals surface area contributed by atoms with Crippen LogP contribution in [0.5, 0.6) is 0 Å². The number of hydrogen-bond acceptors (Lipinski definition) is 3. The number of allylic oxidation sites excluding steroid dienone is 4. The van der Waals surface area contributed by atoms with Crippen LogP contribution in [0.1, 0.15) is 65.7 Å². The molecule has 1 N–H and O–H groups in total. The molecule has 21 heavy (non-hydrogen) atoms. The van der Waals surface area contributed by atoms with E-state index in [0.717, 1.165) is 32.1 Å². The van der Waals surface area contributed by atoms with Crippen LogP contribution in [0.15, 0.2) is 24.3 Å². The Hall–Kier alpha value is -1.09. The molecular weight excluding hydrogens is 264 g/mol. The van der Waals surface area contributed by atoms with Crippen molar-refractivity contribution < 1.29 is 14.6 Å². The van der Waals surface area contributed by atoms with Gasteiger partial charge in [0.2, 0.25) is 0 Å². The molecule has 0 aromatic heterocycles. The zero-order valence-electron chi connectivity index (χ0n) is 13.9. The molecule has 0 aromatic carbocycles. The van der Waals surface area contributed by atoms with Crippen LogP contribution < -0.4 is 0 Å². The normalized spacial score (nSPS) is 13.4. The van der Waals surface area contributed by atoms with E-state index in [9.17, 15) is 9.90 Å². The maximum Gasteiger partial charge on any atom is 0.305 e. The van der Waals surface area contributed by atoms with Crippen LogP contribution >= 0.6 is 0 Å². The summed E-state index contributed by atoms with van der Waals surface area (Å²) in [6.07, 6.45) is 14.1. The van der Waals surface area contributed by atoms with E-state index in [2.05, 4.69) is 31.2 Å². The molecule has 0 aliphatic carbocycles. The molecule has 0 fully saturated rings. The molecule has 0 saturated heterocycles. The summed E-state index contributed by atoms with van der Waals surface area (Å²) in [7, 11) is 0. The molecule has 0 bridgehead atoms. The smallest absolute Gasteiger partial charge is 0.305 e. The summed E-state index contributed by atoms with van der Waals surface area (Å²) >= 11 is 0. The quantitative estimate of drug-likeness (QED) is 0.330. The average Bonchev–Trinajstić information content (AvgIpc) is 2.42. The van der Waals surface area contributed by atoms with Gasteiger partial charge in [-0.2, -0.15) is 0 Å². The Morgan fingerprint density at radius 3 is 2.52 bits per heavy atom. The molecule has 1 atom stereocenters. The molecule has 3 heteroatoms. The predicted molar refractivity (Wildman–Crippen MR) is 88.1 cm³/mol. The van der Waals surface area contributed by atoms with Gasteiger partial charge in [-0.1, -0.05) is 45.1 Å². The Kier molecular flexibility index (Phi) is 13.2. The van der Waals surface area contributed by atoms with Crippen molar-refractivity contribution >= 4 is 5.97 Å². The van der Waals surface area contributed by atoms with Crippen molar-refractivity contribution in [3.8, 4) is 0 Å². The minimum absolute atomic E-state index is 0.126. The van der Waals surface area contributed by atoms with Gasteiger partial charge in [0, 0.05) is 6.42 Å². The van der Waals surface area contributed by atoms with Crippen molar-refractivity contribution in [3.63, 3.8) is 0 Å². The van der Waals surface area contributed by atoms with Crippen LogP contribution in [-0.2, 0) is 9.53 Å². The maximum atomic E-state index is 11.5. The lowest BCUT2D eigenvalue weighted by atomic mass is 10.1. The van der Waals surface area contributed by atoms with E-state index in [1.165, 1.54) is 0 Å². The van der Waals surface area contributed by atoms with Crippen LogP contribution in [0.4, 0.5) is 0 Å². The number of ether oxygens (including phenoxy) is 1. The average molecular weight is 296 g/mol. The van der Waals surface area contributed by atoms with E-state index in [4.69, 9.17) is 4.74 Å². The number of hydrogen-bond donors (Lipinski definition) is 1. The predicted octanol–water partition coefficient (Wildman–Crippen LogP) is 4.41. The lowest BCUT2D eigenvalue weighted by Gasteiger charge is -2.13. The third-order valence-electron chi connectivity index (χ3n) is 3.02. The van der Waals surface area contributed by atoms with Gasteiger partial charge in [-0.15, -0.1) is 0 Å². The first-order valence-corrected chi connectivity index (χ1v) is 8.19. The highest BCUT2D eigenvalue weighted by atomic mass is 16.5. The lowest BCUT2D eigenvalue weighted by Crippen LogP contribution is -2.20. The molecule has 0 aromatic rings. The lowest BCUT2D eigenvalue weighted by molar-refractivity contribution is -0.147. The molecule has 1 unspecified atom stereocenters. The van der Waals surface area contributed by atoms with Crippen molar-refractivity contribution in [2.24, 2.45) is 5.92 Å². The fraction of sp³-hybridized carbons (Fsp3) is 0.722. The summed E-state index contributed by atoms with van der Waals surface area (Å²) in [6, 6.07) is 0. The summed E-state index contributed by atoms with van der Waals surface area (Å²) in [6.45, 7) is 6.33. The van der Waals surface area contributed by atoms with Gasteiger partial charge in [0.25, 0.3) is 0 Å². The van der Waals surface area contributed by atoms with Crippen molar-refractivity contribution in [2.75, 3.05) is 6.61 Å². The van der Waals surface area contributed by atoms with Crippen molar-refractivity contribution in [3.05, 3.63) is 24.3 Å². The van der Waals surface area contributed by atoms with Crippen LogP contribution in [-0.4, -0.2) is 23.8 Å². The van der Waals surface area contributed by atoms with E-state index in [0.29, 0.717) is 18.8 Å². The van der Waals surface area contributed by atoms with E-state index in [1.54, 1.807) is 0 Å². The number of carbonyl (C=O) groups excluding carboxylic acids is 1. The SMILES string of the molecule is CC/C=C\C/C=C\CCCCC(=O)OCC(O)CC(C)C. The van der Waals surface area contributed by atoms with Gasteiger partial charge in [0.1, 0.15) is 6.61 Å². The Labute approximate surface area is 130 Å². The molecule has 0 saturated carbocycles. The zero-order chi connectivity index (χ0) is 15.9. The Balaban J connectivity index is 3.47. The Bertz CT molecular complexity index is 306. The Morgan fingerprint density at radius 1 is 1.14 bits per heavy atom. The van der Waals surface area contributed by atoms with Gasteiger partial charge >= 0.3 is 5.97 Å². The zero-order valence-corrected chi connectivity index (χ0v) is 13.9. The first kappa shape index (κ1) is 19.9. The topological polar surface area (TPSA) is 46.5 Å². The summed E-state index contributed by atoms with van der Waals surface area (Å²) in [4.78, 5) is 11.5. The third-order valence-corrected chi connectivity index (χ3v) is 3.02. The molecule has 0 spiro atoms. The van der Waals surface area contributed by atoms with Crippen LogP contribution in [0.3, 0.4) is 0 Å². The largest absolute Gasteiger partial charge is 0.463 e. The minimum atomic E-state index is -0.534. The number of rotatable bonds is 12. The number of aliphatic hydroxyl groups is 1. The van der Waals surface area contributed by atoms with E-state index in [1.807, 2.05) is 13.8 Å². The minimum Gasteiger partial charge on any atom is -0.463 e. The second kappa shape index (κ2) is 13.9. The number of aliphatic hydroxyl groups excluding tert-OH is 1. The summed E-state index contributed by atoms with van der Waals surface area (Å²) in [5.41, 5.74) is 0. The molecule has 3 nitrogen and oxygen atoms in total. The first-order chi connectivity index (χ1) is 10.1. The van der Waals surface area contributed by atoms with Crippen molar-refractivity contribution in [2.45, 2.75) is 71.8 Å². The van der Waals surface area contributed by atoms with Crippen LogP contribution in [0.25, 0.3) is 0 Å². The van der Waals surface area contributed by atoms with Gasteiger partial charge in [-0.05, 0) is 44.4 Å². The van der Waals surface area contributed by atoms with E-state index in [-0.39, 0.29) is 12.6 Å². The third kappa shape index (κ3) is 15.1. The number of unbranched alkanes of at least 4 members (excludes halogenated alkanes) is 2. The molecule has 0 radical (unpaired) electrons. The first-order valence-electron chi connectivity index (χ1n) is 8.19. The van der Waals surface area contributed by atoms with Gasteiger partial charge < -0.3 is 9.84 Å². The number of carbonyl (C=O) groups is 1. The van der Waals surface area contributed by atoms with Gasteiger partial charge in [-0.25, -0.2) is 0 Å². The number of esters is 1. The molecule has 0 aliphatic heterocycles. The maximum absolute atomic E-state index is 11.5. The molecule has 0 aliphatic rings. The second-order valence-electron chi connectivity index (χ2n) is 5.80. The van der Waals surface area contributed by atoms with Crippen LogP contribution in [0.2, 0.25) is 0 Å². The van der Waals surface area contributed by atoms with Crippen molar-refractivity contribution in [1.29, 1.82) is 0 Å². The van der Waals surface area contributed by atoms with Crippen LogP contribution in [0, 0.1) is 5.92 Å². The fourth-order valence-electron chi connectivity index (χ4n) is 1.96. The van der Waals surface area contributed by atoms with E-state index >= 15 is 0 Å². The summed E-state index contributed by atoms with van der Waals surface area (Å²) < 4.78 is 5.06. The molecule has 0 heterocycles. The van der Waals surface area contributed by atoms with Gasteiger partial charge in [0.05, 0.1) is 6.10 Å². The molecule has 0 amide bonds. The fourth-order valence-corrected chi connectivity index (χ4v) is 1.96. The molecule has 122 valence electrons. The summed E-state index contributed by atoms with van der Waals surface area (Å²) in [5, 5.41) is 9.61. The van der Waals surface area contributed by atoms with Gasteiger partial charge in [0.15, 0.2) is 0 Å². The van der Waals surface area contributed by atoms with Gasteiger partial charge in [-0.3, -0.25) is 4.79 Å². The Morgan fingerprint density at radius 2 is 1.86 bits per heavy atom. The highest BCUT2D eigenvalue weighted by molar-refractivity contribution is 5.69. The van der Waals surface area contributed by atoms with Crippen molar-refractivity contribution in [1.82, 2.24) is 0 Å². The standard InChI is InChI=1S/C18H32O3/c1-4-5-6-7-8-9-10-11-12-13-18(20)21-15-17(19)14-16(2)3/h5-6,8-9,16-17,19H,4,7,10-15H2,1-3H3/b6-5-,9-8-.